The molecule has 0 N–H and O–H groups in total. The molecule has 3 rings (SSSR count). The first-order valence-corrected chi connectivity index (χ1v) is 7.60. The number of carbonyl (C=O) groups is 1. The molecule has 0 spiro atoms. The maximum Gasteiger partial charge on any atom is 0.254 e. The van der Waals surface area contributed by atoms with Gasteiger partial charge in [-0.15, -0.1) is 0 Å². The fraction of sp³-hybridized carbons (Fsp3) is 0.267. The van der Waals surface area contributed by atoms with Gasteiger partial charge in [-0.2, -0.15) is 0 Å². The van der Waals surface area contributed by atoms with Crippen molar-refractivity contribution >= 4 is 33.4 Å². The number of halogens is 2. The Morgan fingerprint density at radius 2 is 2.20 bits per heavy atom. The monoisotopic (exact) mass is 353 g/mol. The number of hydrogen-bond acceptors (Lipinski definition) is 2. The predicted octanol–water partition coefficient (Wildman–Crippen LogP) is 4.50. The zero-order valence-electron chi connectivity index (χ0n) is 10.7. The number of hydrogen-bond donors (Lipinski definition) is 0. The van der Waals surface area contributed by atoms with Crippen LogP contribution in [0.1, 0.15) is 29.0 Å². The summed E-state index contributed by atoms with van der Waals surface area (Å²) in [5, 5.41) is 0.602. The van der Waals surface area contributed by atoms with Gasteiger partial charge in [0.2, 0.25) is 0 Å². The molecule has 0 bridgehead atoms. The molecule has 0 unspecified atom stereocenters. The number of rotatable bonds is 4. The zero-order chi connectivity index (χ0) is 14.1. The lowest BCUT2D eigenvalue weighted by atomic mass is 10.2. The van der Waals surface area contributed by atoms with Crippen molar-refractivity contribution in [1.29, 1.82) is 0 Å². The Hall–Kier alpha value is -1.26. The third kappa shape index (κ3) is 2.91. The van der Waals surface area contributed by atoms with Gasteiger partial charge < -0.3 is 9.32 Å². The minimum absolute atomic E-state index is 0.0151. The predicted molar refractivity (Wildman–Crippen MR) is 80.8 cm³/mol. The average Bonchev–Trinajstić information content (AvgIpc) is 3.15. The van der Waals surface area contributed by atoms with E-state index in [9.17, 15) is 4.79 Å². The van der Waals surface area contributed by atoms with Gasteiger partial charge in [-0.1, -0.05) is 11.6 Å². The van der Waals surface area contributed by atoms with Gasteiger partial charge in [0.05, 0.1) is 17.8 Å². The van der Waals surface area contributed by atoms with Crippen molar-refractivity contribution < 1.29 is 9.21 Å². The molecule has 1 aromatic carbocycles. The second-order valence-electron chi connectivity index (χ2n) is 4.87. The van der Waals surface area contributed by atoms with E-state index in [4.69, 9.17) is 16.0 Å². The summed E-state index contributed by atoms with van der Waals surface area (Å²) >= 11 is 9.32. The number of benzene rings is 1. The van der Waals surface area contributed by atoms with Crippen LogP contribution < -0.4 is 0 Å². The fourth-order valence-corrected chi connectivity index (χ4v) is 2.61. The molecule has 1 amide bonds. The van der Waals surface area contributed by atoms with Crippen molar-refractivity contribution in [2.24, 2.45) is 0 Å². The van der Waals surface area contributed by atoms with E-state index in [1.54, 1.807) is 24.5 Å². The van der Waals surface area contributed by atoms with Gasteiger partial charge in [0.15, 0.2) is 0 Å². The molecule has 0 aliphatic heterocycles. The first kappa shape index (κ1) is 13.7. The quantitative estimate of drug-likeness (QED) is 0.810. The van der Waals surface area contributed by atoms with E-state index >= 15 is 0 Å². The molecule has 3 nitrogen and oxygen atoms in total. The van der Waals surface area contributed by atoms with Crippen molar-refractivity contribution in [2.45, 2.75) is 25.4 Å². The summed E-state index contributed by atoms with van der Waals surface area (Å²) in [5.41, 5.74) is 0.639. The van der Waals surface area contributed by atoms with Gasteiger partial charge in [0.25, 0.3) is 5.91 Å². The summed E-state index contributed by atoms with van der Waals surface area (Å²) in [6.45, 7) is 0.511. The van der Waals surface area contributed by atoms with E-state index in [1.807, 2.05) is 17.0 Å². The fourth-order valence-electron chi connectivity index (χ4n) is 2.12. The summed E-state index contributed by atoms with van der Waals surface area (Å²) in [4.78, 5) is 14.5. The molecule has 5 heteroatoms. The molecule has 0 saturated heterocycles. The molecular formula is C15H13BrClNO2. The maximum atomic E-state index is 12.6. The van der Waals surface area contributed by atoms with Gasteiger partial charge in [-0.3, -0.25) is 4.79 Å². The van der Waals surface area contributed by atoms with Gasteiger partial charge >= 0.3 is 0 Å². The highest BCUT2D eigenvalue weighted by atomic mass is 79.9. The van der Waals surface area contributed by atoms with Gasteiger partial charge in [0, 0.05) is 16.1 Å². The highest BCUT2D eigenvalue weighted by Crippen LogP contribution is 2.31. The van der Waals surface area contributed by atoms with Crippen molar-refractivity contribution in [2.75, 3.05) is 0 Å². The number of nitrogens with zero attached hydrogens (tertiary/aromatic N) is 1. The lowest BCUT2D eigenvalue weighted by molar-refractivity contribution is 0.0717. The largest absolute Gasteiger partial charge is 0.467 e. The minimum Gasteiger partial charge on any atom is -0.467 e. The van der Waals surface area contributed by atoms with Crippen molar-refractivity contribution in [3.05, 3.63) is 57.4 Å². The van der Waals surface area contributed by atoms with Crippen molar-refractivity contribution in [3.8, 4) is 0 Å². The number of carbonyl (C=O) groups excluding carboxylic acids is 1. The molecule has 0 radical (unpaired) electrons. The molecule has 1 saturated carbocycles. The van der Waals surface area contributed by atoms with Crippen LogP contribution in [0.5, 0.6) is 0 Å². The summed E-state index contributed by atoms with van der Waals surface area (Å²) in [5.74, 6) is 0.819. The van der Waals surface area contributed by atoms with Crippen LogP contribution in [0.15, 0.2) is 45.5 Å². The third-order valence-corrected chi connectivity index (χ3v) is 4.54. The van der Waals surface area contributed by atoms with E-state index in [0.29, 0.717) is 23.2 Å². The molecule has 0 atom stereocenters. The van der Waals surface area contributed by atoms with Gasteiger partial charge in [0.1, 0.15) is 5.76 Å². The Morgan fingerprint density at radius 1 is 1.40 bits per heavy atom. The van der Waals surface area contributed by atoms with Crippen LogP contribution in [0.3, 0.4) is 0 Å². The molecule has 1 aliphatic rings. The molecule has 104 valence electrons. The zero-order valence-corrected chi connectivity index (χ0v) is 13.0. The second kappa shape index (κ2) is 5.62. The normalized spacial score (nSPS) is 14.3. The van der Waals surface area contributed by atoms with Gasteiger partial charge in [-0.25, -0.2) is 0 Å². The van der Waals surface area contributed by atoms with Crippen molar-refractivity contribution in [3.63, 3.8) is 0 Å². The first-order chi connectivity index (χ1) is 9.65. The Balaban J connectivity index is 1.83. The van der Waals surface area contributed by atoms with E-state index in [0.717, 1.165) is 23.1 Å². The molecule has 2 aromatic rings. The first-order valence-electron chi connectivity index (χ1n) is 6.43. The van der Waals surface area contributed by atoms with Crippen LogP contribution in [-0.2, 0) is 6.54 Å². The second-order valence-corrected chi connectivity index (χ2v) is 6.13. The number of furan rings is 1. The molecule has 1 heterocycles. The van der Waals surface area contributed by atoms with Crippen LogP contribution in [0.25, 0.3) is 0 Å². The summed E-state index contributed by atoms with van der Waals surface area (Å²) in [6.07, 6.45) is 3.74. The summed E-state index contributed by atoms with van der Waals surface area (Å²) in [6, 6.07) is 9.30. The van der Waals surface area contributed by atoms with E-state index in [2.05, 4.69) is 15.9 Å². The Morgan fingerprint density at radius 3 is 2.80 bits per heavy atom. The molecule has 1 aliphatic carbocycles. The summed E-state index contributed by atoms with van der Waals surface area (Å²) < 4.78 is 6.08. The lowest BCUT2D eigenvalue weighted by Gasteiger charge is -2.21. The van der Waals surface area contributed by atoms with E-state index < -0.39 is 0 Å². The molecular weight excluding hydrogens is 342 g/mol. The topological polar surface area (TPSA) is 33.5 Å². The van der Waals surface area contributed by atoms with Crippen LogP contribution in [-0.4, -0.2) is 16.8 Å². The standard InChI is InChI=1S/C15H13BrClNO2/c16-13-8-10(3-6-14(13)17)15(19)18(11-4-5-11)9-12-2-1-7-20-12/h1-3,6-8,11H,4-5,9H2. The molecule has 1 aromatic heterocycles. The van der Waals surface area contributed by atoms with E-state index in [1.165, 1.54) is 0 Å². The Kier molecular flexibility index (Phi) is 3.85. The number of amides is 1. The maximum absolute atomic E-state index is 12.6. The smallest absolute Gasteiger partial charge is 0.254 e. The van der Waals surface area contributed by atoms with Crippen molar-refractivity contribution in [1.82, 2.24) is 4.90 Å². The van der Waals surface area contributed by atoms with Crippen LogP contribution >= 0.6 is 27.5 Å². The van der Waals surface area contributed by atoms with Gasteiger partial charge in [-0.05, 0) is 59.1 Å². The Bertz CT molecular complexity index is 623. The molecule has 1 fully saturated rings. The van der Waals surface area contributed by atoms with Crippen LogP contribution in [0.4, 0.5) is 0 Å². The summed E-state index contributed by atoms with van der Waals surface area (Å²) in [7, 11) is 0. The average molecular weight is 355 g/mol. The Labute approximate surface area is 130 Å². The third-order valence-electron chi connectivity index (χ3n) is 3.32. The SMILES string of the molecule is O=C(c1ccc(Cl)c(Br)c1)N(Cc1ccco1)C1CC1. The highest BCUT2D eigenvalue weighted by Gasteiger charge is 2.33. The lowest BCUT2D eigenvalue weighted by Crippen LogP contribution is -2.32. The minimum atomic E-state index is 0.0151. The highest BCUT2D eigenvalue weighted by molar-refractivity contribution is 9.10. The van der Waals surface area contributed by atoms with Crippen LogP contribution in [0.2, 0.25) is 5.02 Å². The van der Waals surface area contributed by atoms with E-state index in [-0.39, 0.29) is 5.91 Å². The van der Waals surface area contributed by atoms with Crippen LogP contribution in [0, 0.1) is 0 Å². The molecule has 20 heavy (non-hydrogen) atoms.